The quantitative estimate of drug-likeness (QED) is 0.321. The second-order valence-electron chi connectivity index (χ2n) is 11.7. The van der Waals surface area contributed by atoms with Gasteiger partial charge in [0, 0.05) is 49.0 Å². The first-order valence-electron chi connectivity index (χ1n) is 14.8. The van der Waals surface area contributed by atoms with Crippen molar-refractivity contribution < 1.29 is 9.53 Å². The zero-order valence-corrected chi connectivity index (χ0v) is 24.7. The third-order valence-corrected chi connectivity index (χ3v) is 8.50. The molecule has 0 saturated carbocycles. The zero-order chi connectivity index (χ0) is 29.4. The van der Waals surface area contributed by atoms with Crippen LogP contribution in [0.4, 0.5) is 17.3 Å². The van der Waals surface area contributed by atoms with Crippen molar-refractivity contribution in [3.8, 4) is 0 Å². The molecule has 9 nitrogen and oxygen atoms in total. The summed E-state index contributed by atoms with van der Waals surface area (Å²) in [6.45, 7) is 11.8. The molecule has 0 amide bonds. The van der Waals surface area contributed by atoms with Gasteiger partial charge in [0.15, 0.2) is 5.78 Å². The molecule has 0 bridgehead atoms. The van der Waals surface area contributed by atoms with Crippen LogP contribution >= 0.6 is 0 Å². The highest BCUT2D eigenvalue weighted by molar-refractivity contribution is 6.02. The van der Waals surface area contributed by atoms with E-state index in [-0.39, 0.29) is 17.4 Å². The molecule has 4 aromatic rings. The molecule has 2 aromatic heterocycles. The van der Waals surface area contributed by atoms with Crippen molar-refractivity contribution in [2.24, 2.45) is 5.41 Å². The number of carbonyl (C=O) groups is 1. The lowest BCUT2D eigenvalue weighted by atomic mass is 9.69. The van der Waals surface area contributed by atoms with Gasteiger partial charge in [0.2, 0.25) is 5.95 Å². The van der Waals surface area contributed by atoms with Crippen molar-refractivity contribution in [1.29, 1.82) is 0 Å². The van der Waals surface area contributed by atoms with E-state index in [1.165, 1.54) is 0 Å². The molecule has 2 N–H and O–H groups in total. The molecule has 2 aliphatic rings. The van der Waals surface area contributed by atoms with E-state index in [2.05, 4.69) is 29.5 Å². The van der Waals surface area contributed by atoms with Gasteiger partial charge in [-0.25, -0.2) is 4.98 Å². The number of rotatable bonds is 7. The maximum atomic E-state index is 14.3. The number of nitrogens with zero attached hydrogens (tertiary/aromatic N) is 4. The van der Waals surface area contributed by atoms with Crippen molar-refractivity contribution in [2.45, 2.75) is 46.3 Å². The van der Waals surface area contributed by atoms with Crippen molar-refractivity contribution >= 4 is 34.1 Å². The van der Waals surface area contributed by atoms with E-state index in [1.54, 1.807) is 10.8 Å². The van der Waals surface area contributed by atoms with Gasteiger partial charge in [0.1, 0.15) is 17.4 Å². The van der Waals surface area contributed by atoms with Crippen molar-refractivity contribution in [3.05, 3.63) is 87.8 Å². The Morgan fingerprint density at radius 2 is 1.86 bits per heavy atom. The van der Waals surface area contributed by atoms with Gasteiger partial charge in [-0.3, -0.25) is 14.2 Å². The van der Waals surface area contributed by atoms with Crippen LogP contribution in [0.2, 0.25) is 0 Å². The maximum Gasteiger partial charge on any atom is 0.276 e. The zero-order valence-electron chi connectivity index (χ0n) is 24.7. The Balaban J connectivity index is 1.45. The minimum absolute atomic E-state index is 0.0284. The number of hydrogen-bond acceptors (Lipinski definition) is 8. The van der Waals surface area contributed by atoms with Crippen LogP contribution in [0.1, 0.15) is 61.3 Å². The van der Waals surface area contributed by atoms with E-state index in [1.807, 2.05) is 73.3 Å². The minimum atomic E-state index is -0.718. The van der Waals surface area contributed by atoms with E-state index in [0.29, 0.717) is 54.3 Å². The summed E-state index contributed by atoms with van der Waals surface area (Å²) in [7, 11) is 0. The van der Waals surface area contributed by atoms with Crippen molar-refractivity contribution in [1.82, 2.24) is 19.9 Å². The largest absolute Gasteiger partial charge is 0.371 e. The Bertz CT molecular complexity index is 1670. The van der Waals surface area contributed by atoms with Gasteiger partial charge in [0.05, 0.1) is 12.7 Å². The molecule has 1 aliphatic heterocycles. The van der Waals surface area contributed by atoms with Crippen LogP contribution in [-0.2, 0) is 11.2 Å². The summed E-state index contributed by atoms with van der Waals surface area (Å²) in [5.74, 6) is 0.293. The molecule has 42 heavy (non-hydrogen) atoms. The average molecular weight is 567 g/mol. The maximum absolute atomic E-state index is 14.3. The summed E-state index contributed by atoms with van der Waals surface area (Å²) in [6, 6.07) is 16.9. The van der Waals surface area contributed by atoms with Crippen LogP contribution in [0.15, 0.2) is 65.6 Å². The number of nitrogens with one attached hydrogen (secondary N) is 2. The summed E-state index contributed by atoms with van der Waals surface area (Å²) in [6.07, 6.45) is 2.43. The Kier molecular flexibility index (Phi) is 7.55. The summed E-state index contributed by atoms with van der Waals surface area (Å²) < 4.78 is 7.50. The van der Waals surface area contributed by atoms with Crippen LogP contribution in [0.25, 0.3) is 11.0 Å². The number of ether oxygens (including phenoxy) is 1. The first-order chi connectivity index (χ1) is 20.3. The highest BCUT2D eigenvalue weighted by atomic mass is 16.5. The molecule has 2 atom stereocenters. The topological polar surface area (TPSA) is 101 Å². The molecule has 1 fully saturated rings. The third kappa shape index (κ3) is 5.07. The van der Waals surface area contributed by atoms with Crippen molar-refractivity contribution in [3.63, 3.8) is 0 Å². The van der Waals surface area contributed by atoms with E-state index < -0.39 is 11.5 Å². The molecule has 0 spiro atoms. The fraction of sp³-hybridized carbons (Fsp3) is 0.394. The van der Waals surface area contributed by atoms with Gasteiger partial charge in [-0.2, -0.15) is 4.98 Å². The number of ketones is 1. The Hall–Kier alpha value is -4.08. The molecule has 0 radical (unpaired) electrons. The monoisotopic (exact) mass is 566 g/mol. The number of morpholine rings is 1. The Morgan fingerprint density at radius 3 is 2.57 bits per heavy atom. The number of pyridine rings is 1. The fourth-order valence-electron chi connectivity index (χ4n) is 6.36. The molecule has 3 heterocycles. The second kappa shape index (κ2) is 11.3. The number of fused-ring (bicyclic) bond motifs is 2. The molecule has 2 aromatic carbocycles. The predicted molar refractivity (Wildman–Crippen MR) is 166 cm³/mol. The average Bonchev–Trinajstić information content (AvgIpc) is 3.00. The molecular formula is C33H38N6O3. The van der Waals surface area contributed by atoms with Gasteiger partial charge < -0.3 is 20.3 Å². The number of benzene rings is 2. The van der Waals surface area contributed by atoms with E-state index in [9.17, 15) is 9.59 Å². The normalized spacial score (nSPS) is 19.9. The lowest BCUT2D eigenvalue weighted by molar-refractivity contribution is 0.0277. The predicted octanol–water partition coefficient (Wildman–Crippen LogP) is 5.05. The summed E-state index contributed by atoms with van der Waals surface area (Å²) in [5, 5.41) is 7.36. The van der Waals surface area contributed by atoms with Gasteiger partial charge in [-0.05, 0) is 55.0 Å². The van der Waals surface area contributed by atoms with Crippen LogP contribution in [0.3, 0.4) is 0 Å². The number of Topliss-reactive ketones (excluding diaryl/α,β-unsaturated/α-hetero) is 1. The fourth-order valence-corrected chi connectivity index (χ4v) is 6.36. The standard InChI is InChI=1S/C33H38N6O3/c1-5-38(6-2)26-17-23-19-35-32(36-24-13-11-21(12-14-24)27-20-34-15-16-42-27)37-30(23)39(31(26)41)29-28(40)25-10-8-7-9-22(25)18-33(29,3)4/h7-14,17,19,27,29,34H,5-6,15-16,18,20H2,1-4H3,(H,35,36,37). The van der Waals surface area contributed by atoms with E-state index in [4.69, 9.17) is 9.72 Å². The molecule has 1 saturated heterocycles. The summed E-state index contributed by atoms with van der Waals surface area (Å²) in [4.78, 5) is 39.9. The molecule has 218 valence electrons. The lowest BCUT2D eigenvalue weighted by Gasteiger charge is -2.40. The van der Waals surface area contributed by atoms with Gasteiger partial charge in [-0.1, -0.05) is 50.2 Å². The van der Waals surface area contributed by atoms with Gasteiger partial charge in [-0.15, -0.1) is 0 Å². The number of aromatic nitrogens is 3. The number of hydrogen-bond donors (Lipinski definition) is 2. The third-order valence-electron chi connectivity index (χ3n) is 8.50. The smallest absolute Gasteiger partial charge is 0.276 e. The Morgan fingerprint density at radius 1 is 1.10 bits per heavy atom. The lowest BCUT2D eigenvalue weighted by Crippen LogP contribution is -2.45. The van der Waals surface area contributed by atoms with Gasteiger partial charge in [0.25, 0.3) is 5.56 Å². The van der Waals surface area contributed by atoms with Crippen LogP contribution < -0.4 is 21.1 Å². The first kappa shape index (κ1) is 28.1. The molecular weight excluding hydrogens is 528 g/mol. The first-order valence-corrected chi connectivity index (χ1v) is 14.8. The van der Waals surface area contributed by atoms with E-state index >= 15 is 0 Å². The SMILES string of the molecule is CCN(CC)c1cc2cnc(Nc3ccc(C4CNCCO4)cc3)nc2n(C2C(=O)c3ccccc3CC2(C)C)c1=O. The molecule has 2 unspecified atom stereocenters. The summed E-state index contributed by atoms with van der Waals surface area (Å²) >= 11 is 0. The van der Waals surface area contributed by atoms with Crippen LogP contribution in [0.5, 0.6) is 0 Å². The van der Waals surface area contributed by atoms with E-state index in [0.717, 1.165) is 29.9 Å². The number of anilines is 3. The van der Waals surface area contributed by atoms with Crippen LogP contribution in [-0.4, -0.2) is 53.1 Å². The molecule has 9 heteroatoms. The van der Waals surface area contributed by atoms with Crippen molar-refractivity contribution in [2.75, 3.05) is 43.0 Å². The highest BCUT2D eigenvalue weighted by Crippen LogP contribution is 2.43. The minimum Gasteiger partial charge on any atom is -0.371 e. The number of carbonyl (C=O) groups excluding carboxylic acids is 1. The second-order valence-corrected chi connectivity index (χ2v) is 11.7. The molecule has 1 aliphatic carbocycles. The Labute approximate surface area is 245 Å². The highest BCUT2D eigenvalue weighted by Gasteiger charge is 2.44. The van der Waals surface area contributed by atoms with Crippen LogP contribution in [0, 0.1) is 5.41 Å². The summed E-state index contributed by atoms with van der Waals surface area (Å²) in [5.41, 5.74) is 3.85. The van der Waals surface area contributed by atoms with Gasteiger partial charge >= 0.3 is 0 Å². The molecule has 6 rings (SSSR count).